The molecule has 4 rings (SSSR count). The van der Waals surface area contributed by atoms with Gasteiger partial charge in [0.15, 0.2) is 11.6 Å². The van der Waals surface area contributed by atoms with E-state index in [9.17, 15) is 18.4 Å². The van der Waals surface area contributed by atoms with Crippen LogP contribution in [0.3, 0.4) is 0 Å². The minimum absolute atomic E-state index is 0.0202. The second-order valence-corrected chi connectivity index (χ2v) is 8.12. The van der Waals surface area contributed by atoms with Gasteiger partial charge in [-0.25, -0.2) is 13.8 Å². The number of Topliss-reactive ketones (excluding diaryl/α,β-unsaturated/α-hetero) is 2. The Morgan fingerprint density at radius 3 is 2.75 bits per heavy atom. The van der Waals surface area contributed by atoms with Crippen molar-refractivity contribution in [2.75, 3.05) is 0 Å². The van der Waals surface area contributed by atoms with Crippen molar-refractivity contribution in [3.63, 3.8) is 0 Å². The molecule has 0 aliphatic carbocycles. The van der Waals surface area contributed by atoms with Crippen molar-refractivity contribution in [3.8, 4) is 10.4 Å². The molecule has 1 unspecified atom stereocenters. The number of nitrogens with zero attached hydrogens (tertiary/aromatic N) is 2. The minimum atomic E-state index is -2.87. The third-order valence-corrected chi connectivity index (χ3v) is 6.02. The van der Waals surface area contributed by atoms with Crippen molar-refractivity contribution >= 4 is 22.9 Å². The average Bonchev–Trinajstić information content (AvgIpc) is 3.31. The number of carbonyl (C=O) groups excluding carboxylic acids is 2. The highest BCUT2D eigenvalue weighted by Crippen LogP contribution is 2.32. The standard InChI is InChI=1S/C21H18F2N2O2S/c1-21(22,23)14-6-4-13(5-7-14)19-12-24-20(28-19)11-18(27)16-8-9-17(26)15-3-2-10-25(15)16/h2-7,10,12,16H,8-9,11H2,1H3. The summed E-state index contributed by atoms with van der Waals surface area (Å²) in [7, 11) is 0. The quantitative estimate of drug-likeness (QED) is 0.602. The van der Waals surface area contributed by atoms with Gasteiger partial charge in [0.05, 0.1) is 23.0 Å². The first-order valence-electron chi connectivity index (χ1n) is 8.99. The molecule has 28 heavy (non-hydrogen) atoms. The molecular weight excluding hydrogens is 382 g/mol. The number of hydrogen-bond acceptors (Lipinski definition) is 4. The molecule has 0 amide bonds. The first-order valence-corrected chi connectivity index (χ1v) is 9.81. The van der Waals surface area contributed by atoms with Gasteiger partial charge in [-0.1, -0.05) is 24.3 Å². The fraction of sp³-hybridized carbons (Fsp3) is 0.286. The van der Waals surface area contributed by atoms with Gasteiger partial charge in [0.2, 0.25) is 0 Å². The maximum absolute atomic E-state index is 13.3. The van der Waals surface area contributed by atoms with Crippen molar-refractivity contribution < 1.29 is 18.4 Å². The summed E-state index contributed by atoms with van der Waals surface area (Å²) >= 11 is 1.38. The molecule has 1 aromatic carbocycles. The molecule has 1 atom stereocenters. The van der Waals surface area contributed by atoms with Crippen LogP contribution in [-0.4, -0.2) is 21.1 Å². The van der Waals surface area contributed by atoms with Crippen LogP contribution >= 0.6 is 11.3 Å². The molecule has 0 saturated heterocycles. The fourth-order valence-corrected chi connectivity index (χ4v) is 4.41. The summed E-state index contributed by atoms with van der Waals surface area (Å²) in [5.74, 6) is -2.79. The Balaban J connectivity index is 1.49. The number of rotatable bonds is 5. The number of aromatic nitrogens is 2. The van der Waals surface area contributed by atoms with Crippen LogP contribution in [0.4, 0.5) is 8.78 Å². The molecule has 3 aromatic rings. The summed E-state index contributed by atoms with van der Waals surface area (Å²) in [4.78, 5) is 29.9. The number of thiazole rings is 1. The predicted octanol–water partition coefficient (Wildman–Crippen LogP) is 5.05. The zero-order chi connectivity index (χ0) is 19.9. The van der Waals surface area contributed by atoms with Crippen LogP contribution < -0.4 is 0 Å². The number of carbonyl (C=O) groups is 2. The van der Waals surface area contributed by atoms with E-state index in [1.807, 2.05) is 0 Å². The molecule has 0 radical (unpaired) electrons. The topological polar surface area (TPSA) is 52.0 Å². The SMILES string of the molecule is CC(F)(F)c1ccc(-c2cnc(CC(=O)C3CCC(=O)c4cccn43)s2)cc1. The third kappa shape index (κ3) is 3.54. The van der Waals surface area contributed by atoms with E-state index in [0.29, 0.717) is 23.5 Å². The van der Waals surface area contributed by atoms with E-state index in [1.165, 1.54) is 23.5 Å². The zero-order valence-corrected chi connectivity index (χ0v) is 16.0. The Hall–Kier alpha value is -2.67. The Labute approximate surface area is 164 Å². The van der Waals surface area contributed by atoms with Gasteiger partial charge in [-0.3, -0.25) is 9.59 Å². The van der Waals surface area contributed by atoms with E-state index < -0.39 is 5.92 Å². The molecule has 1 aliphatic rings. The van der Waals surface area contributed by atoms with E-state index in [-0.39, 0.29) is 29.6 Å². The van der Waals surface area contributed by atoms with Crippen molar-refractivity contribution in [1.82, 2.24) is 9.55 Å². The van der Waals surface area contributed by atoms with E-state index in [0.717, 1.165) is 17.4 Å². The molecular formula is C21H18F2N2O2S. The maximum Gasteiger partial charge on any atom is 0.270 e. The summed E-state index contributed by atoms with van der Waals surface area (Å²) in [5.41, 5.74) is 1.34. The molecule has 7 heteroatoms. The van der Waals surface area contributed by atoms with Crippen molar-refractivity contribution in [1.29, 1.82) is 0 Å². The molecule has 1 aliphatic heterocycles. The van der Waals surface area contributed by atoms with Gasteiger partial charge in [-0.2, -0.15) is 0 Å². The van der Waals surface area contributed by atoms with Gasteiger partial charge in [0, 0.05) is 31.3 Å². The molecule has 0 spiro atoms. The van der Waals surface area contributed by atoms with Gasteiger partial charge >= 0.3 is 0 Å². The molecule has 2 aromatic heterocycles. The molecule has 0 fully saturated rings. The van der Waals surface area contributed by atoms with Crippen molar-refractivity contribution in [2.45, 2.75) is 38.2 Å². The Morgan fingerprint density at radius 1 is 1.29 bits per heavy atom. The second kappa shape index (κ2) is 7.05. The molecule has 0 bridgehead atoms. The molecule has 4 nitrogen and oxygen atoms in total. The smallest absolute Gasteiger partial charge is 0.270 e. The van der Waals surface area contributed by atoms with Crippen LogP contribution in [0.5, 0.6) is 0 Å². The normalized spacial score (nSPS) is 16.8. The highest BCUT2D eigenvalue weighted by atomic mass is 32.1. The summed E-state index contributed by atoms with van der Waals surface area (Å²) in [6.45, 7) is 0.868. The van der Waals surface area contributed by atoms with Crippen LogP contribution in [0.2, 0.25) is 0 Å². The van der Waals surface area contributed by atoms with Gasteiger partial charge in [0.1, 0.15) is 5.01 Å². The first kappa shape index (κ1) is 18.7. The maximum atomic E-state index is 13.3. The Morgan fingerprint density at radius 2 is 2.04 bits per heavy atom. The number of hydrogen-bond donors (Lipinski definition) is 0. The highest BCUT2D eigenvalue weighted by Gasteiger charge is 2.30. The lowest BCUT2D eigenvalue weighted by Crippen LogP contribution is -2.28. The lowest BCUT2D eigenvalue weighted by Gasteiger charge is -2.24. The van der Waals surface area contributed by atoms with Crippen LogP contribution in [0, 0.1) is 0 Å². The molecule has 144 valence electrons. The van der Waals surface area contributed by atoms with E-state index >= 15 is 0 Å². The Bertz CT molecular complexity index is 1030. The second-order valence-electron chi connectivity index (χ2n) is 7.01. The monoisotopic (exact) mass is 400 g/mol. The highest BCUT2D eigenvalue weighted by molar-refractivity contribution is 7.15. The van der Waals surface area contributed by atoms with E-state index in [4.69, 9.17) is 0 Å². The average molecular weight is 400 g/mol. The third-order valence-electron chi connectivity index (χ3n) is 4.97. The fourth-order valence-electron chi connectivity index (χ4n) is 3.47. The van der Waals surface area contributed by atoms with Crippen LogP contribution in [0.15, 0.2) is 48.8 Å². The molecule has 0 saturated carbocycles. The van der Waals surface area contributed by atoms with Crippen LogP contribution in [0.1, 0.15) is 46.9 Å². The number of ketones is 2. The molecule has 0 N–H and O–H groups in total. The van der Waals surface area contributed by atoms with Crippen LogP contribution in [0.25, 0.3) is 10.4 Å². The minimum Gasteiger partial charge on any atom is -0.335 e. The zero-order valence-electron chi connectivity index (χ0n) is 15.2. The number of benzene rings is 1. The predicted molar refractivity (Wildman–Crippen MR) is 103 cm³/mol. The van der Waals surface area contributed by atoms with Gasteiger partial charge in [-0.05, 0) is 24.1 Å². The van der Waals surface area contributed by atoms with Crippen LogP contribution in [-0.2, 0) is 17.1 Å². The summed E-state index contributed by atoms with van der Waals surface area (Å²) in [6.07, 6.45) is 4.50. The van der Waals surface area contributed by atoms with Gasteiger partial charge < -0.3 is 4.57 Å². The van der Waals surface area contributed by atoms with Gasteiger partial charge in [0.25, 0.3) is 5.92 Å². The number of fused-ring (bicyclic) bond motifs is 1. The largest absolute Gasteiger partial charge is 0.335 e. The lowest BCUT2D eigenvalue weighted by molar-refractivity contribution is -0.121. The summed E-state index contributed by atoms with van der Waals surface area (Å²) in [6, 6.07) is 9.28. The first-order chi connectivity index (χ1) is 13.3. The number of halogens is 2. The van der Waals surface area contributed by atoms with Gasteiger partial charge in [-0.15, -0.1) is 11.3 Å². The summed E-state index contributed by atoms with van der Waals surface area (Å²) in [5, 5.41) is 0.676. The summed E-state index contributed by atoms with van der Waals surface area (Å²) < 4.78 is 28.5. The Kier molecular flexibility index (Phi) is 4.71. The lowest BCUT2D eigenvalue weighted by atomic mass is 9.97. The van der Waals surface area contributed by atoms with Crippen molar-refractivity contribution in [2.24, 2.45) is 0 Å². The molecule has 3 heterocycles. The number of alkyl halides is 2. The van der Waals surface area contributed by atoms with E-state index in [1.54, 1.807) is 41.2 Å². The van der Waals surface area contributed by atoms with E-state index in [2.05, 4.69) is 4.98 Å². The van der Waals surface area contributed by atoms with Crippen molar-refractivity contribution in [3.05, 3.63) is 65.1 Å².